The Bertz CT molecular complexity index is 1360. The summed E-state index contributed by atoms with van der Waals surface area (Å²) in [5, 5.41) is 0. The first kappa shape index (κ1) is 22.8. The molecule has 0 spiro atoms. The summed E-state index contributed by atoms with van der Waals surface area (Å²) in [6.45, 7) is 9.38. The largest absolute Gasteiger partial charge is 0.467 e. The lowest BCUT2D eigenvalue weighted by molar-refractivity contribution is 0.495. The van der Waals surface area contributed by atoms with Crippen molar-refractivity contribution in [2.75, 3.05) is 0 Å². The second kappa shape index (κ2) is 9.60. The third-order valence-electron chi connectivity index (χ3n) is 5.97. The Morgan fingerprint density at radius 3 is 2.55 bits per heavy atom. The van der Waals surface area contributed by atoms with Gasteiger partial charge >= 0.3 is 5.69 Å². The van der Waals surface area contributed by atoms with E-state index in [0.29, 0.717) is 35.9 Å². The summed E-state index contributed by atoms with van der Waals surface area (Å²) in [7, 11) is 0. The molecule has 8 heteroatoms. The van der Waals surface area contributed by atoms with Crippen LogP contribution < -0.4 is 11.2 Å². The van der Waals surface area contributed by atoms with E-state index in [9.17, 15) is 9.59 Å². The van der Waals surface area contributed by atoms with Crippen molar-refractivity contribution in [1.82, 2.24) is 23.7 Å². The topological polar surface area (TPSA) is 87.9 Å². The summed E-state index contributed by atoms with van der Waals surface area (Å²) in [6.07, 6.45) is 5.69. The van der Waals surface area contributed by atoms with Crippen LogP contribution in [0.1, 0.15) is 69.2 Å². The van der Waals surface area contributed by atoms with Crippen LogP contribution in [0.3, 0.4) is 0 Å². The summed E-state index contributed by atoms with van der Waals surface area (Å²) in [5.41, 5.74) is 2.96. The highest BCUT2D eigenvalue weighted by molar-refractivity contribution is 5.70. The molecule has 0 radical (unpaired) electrons. The SMILES string of the molecule is CCCCn1c(=O)n(Cc2ccc(C(C)C)nc2CC)c(=O)c2c1ncn2Cc1ccco1. The van der Waals surface area contributed by atoms with E-state index in [1.165, 1.54) is 4.57 Å². The number of rotatable bonds is 9. The molecule has 0 aliphatic heterocycles. The zero-order chi connectivity index (χ0) is 23.5. The molecule has 4 heterocycles. The molecular formula is C25H31N5O3. The van der Waals surface area contributed by atoms with Gasteiger partial charge in [0.15, 0.2) is 11.2 Å². The van der Waals surface area contributed by atoms with E-state index in [-0.39, 0.29) is 17.8 Å². The molecule has 0 aromatic carbocycles. The molecule has 4 rings (SSSR count). The average molecular weight is 450 g/mol. The number of aryl methyl sites for hydroxylation is 2. The van der Waals surface area contributed by atoms with Gasteiger partial charge in [0.2, 0.25) is 0 Å². The number of furan rings is 1. The van der Waals surface area contributed by atoms with Gasteiger partial charge in [-0.3, -0.25) is 18.9 Å². The Morgan fingerprint density at radius 1 is 1.06 bits per heavy atom. The molecule has 0 amide bonds. The molecule has 0 N–H and O–H groups in total. The van der Waals surface area contributed by atoms with Gasteiger partial charge in [-0.05, 0) is 42.5 Å². The van der Waals surface area contributed by atoms with Gasteiger partial charge in [-0.15, -0.1) is 0 Å². The van der Waals surface area contributed by atoms with Crippen molar-refractivity contribution in [2.24, 2.45) is 0 Å². The minimum atomic E-state index is -0.346. The summed E-state index contributed by atoms with van der Waals surface area (Å²) in [5.74, 6) is 1.03. The van der Waals surface area contributed by atoms with Gasteiger partial charge in [0, 0.05) is 17.9 Å². The Balaban J connectivity index is 1.87. The molecule has 4 aromatic heterocycles. The van der Waals surface area contributed by atoms with Gasteiger partial charge in [-0.2, -0.15) is 0 Å². The first-order chi connectivity index (χ1) is 15.9. The van der Waals surface area contributed by atoms with Crippen LogP contribution in [-0.2, 0) is 26.1 Å². The second-order valence-corrected chi connectivity index (χ2v) is 8.65. The molecule has 0 aliphatic carbocycles. The quantitative estimate of drug-likeness (QED) is 0.386. The first-order valence-electron chi connectivity index (χ1n) is 11.6. The van der Waals surface area contributed by atoms with E-state index in [4.69, 9.17) is 9.40 Å². The fraction of sp³-hybridized carbons (Fsp3) is 0.440. The smallest absolute Gasteiger partial charge is 0.333 e. The van der Waals surface area contributed by atoms with Gasteiger partial charge in [0.25, 0.3) is 5.56 Å². The maximum atomic E-state index is 13.6. The summed E-state index contributed by atoms with van der Waals surface area (Å²) >= 11 is 0. The van der Waals surface area contributed by atoms with E-state index in [0.717, 1.165) is 36.2 Å². The van der Waals surface area contributed by atoms with E-state index in [1.807, 2.05) is 31.2 Å². The van der Waals surface area contributed by atoms with Crippen LogP contribution in [0.5, 0.6) is 0 Å². The van der Waals surface area contributed by atoms with Crippen LogP contribution in [-0.4, -0.2) is 23.7 Å². The fourth-order valence-corrected chi connectivity index (χ4v) is 4.08. The molecule has 0 aliphatic rings. The number of imidazole rings is 1. The molecule has 174 valence electrons. The third kappa shape index (κ3) is 4.42. The molecule has 0 unspecified atom stereocenters. The van der Waals surface area contributed by atoms with Crippen molar-refractivity contribution < 1.29 is 4.42 Å². The molecule has 0 fully saturated rings. The van der Waals surface area contributed by atoms with Gasteiger partial charge in [-0.1, -0.05) is 40.2 Å². The van der Waals surface area contributed by atoms with Gasteiger partial charge in [0.05, 0.1) is 25.7 Å². The minimum Gasteiger partial charge on any atom is -0.467 e. The van der Waals surface area contributed by atoms with E-state index in [1.54, 1.807) is 21.7 Å². The van der Waals surface area contributed by atoms with Crippen molar-refractivity contribution in [3.63, 3.8) is 0 Å². The van der Waals surface area contributed by atoms with Crippen LogP contribution in [0.25, 0.3) is 11.2 Å². The number of pyridine rings is 1. The van der Waals surface area contributed by atoms with Crippen LogP contribution >= 0.6 is 0 Å². The maximum Gasteiger partial charge on any atom is 0.333 e. The Labute approximate surface area is 192 Å². The van der Waals surface area contributed by atoms with Gasteiger partial charge in [0.1, 0.15) is 5.76 Å². The summed E-state index contributed by atoms with van der Waals surface area (Å²) in [6, 6.07) is 7.64. The lowest BCUT2D eigenvalue weighted by Crippen LogP contribution is -2.41. The molecule has 0 atom stereocenters. The zero-order valence-corrected chi connectivity index (χ0v) is 19.7. The second-order valence-electron chi connectivity index (χ2n) is 8.65. The minimum absolute atomic E-state index is 0.181. The molecule has 0 saturated heterocycles. The summed E-state index contributed by atoms with van der Waals surface area (Å²) in [4.78, 5) is 36.3. The number of fused-ring (bicyclic) bond motifs is 1. The highest BCUT2D eigenvalue weighted by Crippen LogP contribution is 2.17. The van der Waals surface area contributed by atoms with Crippen molar-refractivity contribution in [3.05, 3.63) is 80.4 Å². The van der Waals surface area contributed by atoms with Crippen LogP contribution in [0.2, 0.25) is 0 Å². The van der Waals surface area contributed by atoms with E-state index >= 15 is 0 Å². The van der Waals surface area contributed by atoms with Crippen molar-refractivity contribution in [1.29, 1.82) is 0 Å². The van der Waals surface area contributed by atoms with Crippen LogP contribution in [0.15, 0.2) is 50.9 Å². The monoisotopic (exact) mass is 449 g/mol. The predicted molar refractivity (Wildman–Crippen MR) is 128 cm³/mol. The van der Waals surface area contributed by atoms with Crippen molar-refractivity contribution in [3.8, 4) is 0 Å². The van der Waals surface area contributed by atoms with Crippen molar-refractivity contribution in [2.45, 2.75) is 72.5 Å². The third-order valence-corrected chi connectivity index (χ3v) is 5.97. The molecular weight excluding hydrogens is 418 g/mol. The highest BCUT2D eigenvalue weighted by Gasteiger charge is 2.20. The Morgan fingerprint density at radius 2 is 1.88 bits per heavy atom. The number of hydrogen-bond donors (Lipinski definition) is 0. The molecule has 0 saturated carbocycles. The van der Waals surface area contributed by atoms with Gasteiger partial charge < -0.3 is 8.98 Å². The molecule has 8 nitrogen and oxygen atoms in total. The normalized spacial score (nSPS) is 11.7. The number of aromatic nitrogens is 5. The molecule has 4 aromatic rings. The molecule has 33 heavy (non-hydrogen) atoms. The maximum absolute atomic E-state index is 13.6. The highest BCUT2D eigenvalue weighted by atomic mass is 16.3. The van der Waals surface area contributed by atoms with Gasteiger partial charge in [-0.25, -0.2) is 9.78 Å². The first-order valence-corrected chi connectivity index (χ1v) is 11.6. The Kier molecular flexibility index (Phi) is 6.62. The zero-order valence-electron chi connectivity index (χ0n) is 19.7. The fourth-order valence-electron chi connectivity index (χ4n) is 4.08. The summed E-state index contributed by atoms with van der Waals surface area (Å²) < 4.78 is 10.2. The standard InChI is InChI=1S/C25H31N5O3/c1-5-7-12-29-23-22(28(16-26-23)15-19-9-8-13-33-19)24(31)30(25(29)32)14-18-10-11-21(17(3)4)27-20(18)6-2/h8-11,13,16-17H,5-7,12,14-15H2,1-4H3. The lowest BCUT2D eigenvalue weighted by atomic mass is 10.1. The number of unbranched alkanes of at least 4 members (excludes halogenated alkanes) is 1. The number of hydrogen-bond acceptors (Lipinski definition) is 5. The Hall–Kier alpha value is -3.42. The van der Waals surface area contributed by atoms with E-state index in [2.05, 4.69) is 25.8 Å². The van der Waals surface area contributed by atoms with Crippen LogP contribution in [0.4, 0.5) is 0 Å². The average Bonchev–Trinajstić information content (AvgIpc) is 3.47. The number of nitrogens with zero attached hydrogens (tertiary/aromatic N) is 5. The van der Waals surface area contributed by atoms with Crippen molar-refractivity contribution >= 4 is 11.2 Å². The molecule has 0 bridgehead atoms. The van der Waals surface area contributed by atoms with Crippen LogP contribution in [0, 0.1) is 0 Å². The predicted octanol–water partition coefficient (Wildman–Crippen LogP) is 3.93. The lowest BCUT2D eigenvalue weighted by Gasteiger charge is -2.15. The van der Waals surface area contributed by atoms with E-state index < -0.39 is 0 Å².